The number of thiazole rings is 1. The van der Waals surface area contributed by atoms with Gasteiger partial charge >= 0.3 is 29.6 Å². The third-order valence-electron chi connectivity index (χ3n) is 4.16. The number of aliphatic hydroxyl groups is 2. The minimum Gasteiger partial charge on any atom is -0.387 e. The van der Waals surface area contributed by atoms with Crippen molar-refractivity contribution < 1.29 is 74.5 Å². The fourth-order valence-electron chi connectivity index (χ4n) is 2.80. The lowest BCUT2D eigenvalue weighted by atomic mass is 10.1. The van der Waals surface area contributed by atoms with Crippen LogP contribution in [0.15, 0.2) is 18.2 Å². The minimum absolute atomic E-state index is 0. The van der Waals surface area contributed by atoms with E-state index in [1.165, 1.54) is 0 Å². The molecule has 0 aliphatic carbocycles. The van der Waals surface area contributed by atoms with Crippen molar-refractivity contribution in [2.24, 2.45) is 0 Å². The molecule has 216 valence electrons. The summed E-state index contributed by atoms with van der Waals surface area (Å²) in [6, 6.07) is 2.76. The zero-order valence-electron chi connectivity index (χ0n) is 18.2. The second-order valence-electron chi connectivity index (χ2n) is 6.70. The Labute approximate surface area is 209 Å². The Morgan fingerprint density at radius 1 is 0.973 bits per heavy atom. The van der Waals surface area contributed by atoms with Gasteiger partial charge in [0.1, 0.15) is 29.4 Å². The van der Waals surface area contributed by atoms with Gasteiger partial charge in [-0.15, -0.1) is 11.3 Å². The first-order chi connectivity index (χ1) is 15.4. The van der Waals surface area contributed by atoms with Crippen LogP contribution in [0.3, 0.4) is 0 Å². The molecule has 1 aliphatic rings. The Morgan fingerprint density at radius 3 is 2.11 bits per heavy atom. The van der Waals surface area contributed by atoms with Crippen LogP contribution in [-0.2, 0) is 37.8 Å². The second-order valence-corrected chi connectivity index (χ2v) is 12.2. The van der Waals surface area contributed by atoms with Crippen LogP contribution in [0, 0.1) is 0 Å². The molecule has 1 aromatic heterocycles. The Bertz CT molecular complexity index is 1210. The maximum atomic E-state index is 12.9. The van der Waals surface area contributed by atoms with Crippen molar-refractivity contribution in [3.8, 4) is 0 Å². The number of aromatic nitrogens is 1. The molecule has 2 unspecified atom stereocenters. The highest BCUT2D eigenvalue weighted by Crippen LogP contribution is 2.66. The van der Waals surface area contributed by atoms with E-state index < -0.39 is 66.2 Å². The highest BCUT2D eigenvalue weighted by Gasteiger charge is 2.47. The van der Waals surface area contributed by atoms with Gasteiger partial charge in [-0.1, -0.05) is 0 Å². The van der Waals surface area contributed by atoms with E-state index in [-0.39, 0.29) is 29.0 Å². The molecule has 0 saturated carbocycles. The standard InChI is InChI=1S/C13H15F3NO13P3S.3H3N/c14-13(15,16)5-1-2-8-6(3-5)17-12(34-8)11-10(19)9(18)7(28-11)4-27-32(23,24)30-33(25,26)29-31(20,21)22;;;/h1-3,7,9-11,18-19H,4H2,(H,23,24)(H,25,26)(H2,20,21,22);3*1H3/t7-,9-,10-,11-;;;/m1.../s1. The summed E-state index contributed by atoms with van der Waals surface area (Å²) in [5, 5.41) is 20.3. The summed E-state index contributed by atoms with van der Waals surface area (Å²) >= 11 is 0.854. The zero-order chi connectivity index (χ0) is 25.7. The molecule has 6 atom stereocenters. The normalized spacial score (nSPS) is 25.3. The molecule has 2 heterocycles. The molecule has 0 bridgehead atoms. The van der Waals surface area contributed by atoms with Crippen molar-refractivity contribution >= 4 is 45.0 Å². The monoisotopic (exact) mass is 626 g/mol. The van der Waals surface area contributed by atoms with Crippen LogP contribution in [0.25, 0.3) is 10.2 Å². The predicted octanol–water partition coefficient (Wildman–Crippen LogP) is 2.31. The number of rotatable bonds is 8. The van der Waals surface area contributed by atoms with Gasteiger partial charge < -0.3 is 53.0 Å². The summed E-state index contributed by atoms with van der Waals surface area (Å²) in [6.45, 7) is -1.04. The van der Waals surface area contributed by atoms with E-state index in [1.807, 2.05) is 0 Å². The quantitative estimate of drug-likeness (QED) is 0.190. The number of ether oxygens (including phenoxy) is 1. The lowest BCUT2D eigenvalue weighted by molar-refractivity contribution is -0.137. The van der Waals surface area contributed by atoms with Gasteiger partial charge in [-0.25, -0.2) is 18.7 Å². The molecule has 17 nitrogen and oxygen atoms in total. The number of fused-ring (bicyclic) bond motifs is 1. The van der Waals surface area contributed by atoms with Crippen molar-refractivity contribution in [3.63, 3.8) is 0 Å². The van der Waals surface area contributed by atoms with Crippen LogP contribution in [0.2, 0.25) is 0 Å². The summed E-state index contributed by atoms with van der Waals surface area (Å²) in [5.74, 6) is 0. The summed E-state index contributed by atoms with van der Waals surface area (Å²) in [5.41, 5.74) is -1.02. The van der Waals surface area contributed by atoms with Crippen molar-refractivity contribution in [2.45, 2.75) is 30.6 Å². The van der Waals surface area contributed by atoms with Crippen LogP contribution in [-0.4, -0.2) is 59.7 Å². The smallest absolute Gasteiger partial charge is 0.387 e. The molecule has 1 aliphatic heterocycles. The number of nitrogens with zero attached hydrogens (tertiary/aromatic N) is 1. The number of phosphoric acid groups is 3. The molecule has 15 N–H and O–H groups in total. The molecule has 2 aromatic rings. The molecule has 24 heteroatoms. The molecule has 1 aromatic carbocycles. The van der Waals surface area contributed by atoms with Gasteiger partial charge in [0.25, 0.3) is 0 Å². The van der Waals surface area contributed by atoms with E-state index in [0.717, 1.165) is 29.5 Å². The molecule has 3 rings (SSSR count). The van der Waals surface area contributed by atoms with E-state index in [4.69, 9.17) is 19.4 Å². The number of halogens is 3. The Kier molecular flexibility index (Phi) is 12.2. The number of hydrogen-bond acceptors (Lipinski definition) is 14. The maximum absolute atomic E-state index is 12.9. The minimum atomic E-state index is -5.76. The Balaban J connectivity index is 0.00000432. The van der Waals surface area contributed by atoms with Crippen molar-refractivity contribution in [3.05, 3.63) is 28.8 Å². The topological polar surface area (TPSA) is 327 Å². The molecule has 0 spiro atoms. The molecule has 0 radical (unpaired) electrons. The van der Waals surface area contributed by atoms with Crippen molar-refractivity contribution in [1.82, 2.24) is 23.4 Å². The van der Waals surface area contributed by atoms with Gasteiger partial charge in [0.05, 0.1) is 22.4 Å². The number of benzene rings is 1. The van der Waals surface area contributed by atoms with Gasteiger partial charge in [-0.2, -0.15) is 21.8 Å². The number of phosphoric ester groups is 1. The summed E-state index contributed by atoms with van der Waals surface area (Å²) in [7, 11) is -16.9. The first-order valence-corrected chi connectivity index (χ1v) is 14.0. The van der Waals surface area contributed by atoms with Gasteiger partial charge in [-0.3, -0.25) is 4.52 Å². The average Bonchev–Trinajstić information content (AvgIpc) is 3.17. The fourth-order valence-corrected chi connectivity index (χ4v) is 6.86. The van der Waals surface area contributed by atoms with Crippen LogP contribution >= 0.6 is 34.8 Å². The molecule has 0 amide bonds. The lowest BCUT2D eigenvalue weighted by Crippen LogP contribution is -2.33. The summed E-state index contributed by atoms with van der Waals surface area (Å²) < 4.78 is 89.5. The number of hydrogen-bond donors (Lipinski definition) is 9. The third kappa shape index (κ3) is 9.34. The van der Waals surface area contributed by atoms with E-state index in [2.05, 4.69) is 18.1 Å². The molecular weight excluding hydrogens is 602 g/mol. The summed E-state index contributed by atoms with van der Waals surface area (Å²) in [6.07, 6.45) is -11.0. The Hall–Kier alpha value is -0.930. The summed E-state index contributed by atoms with van der Waals surface area (Å²) in [4.78, 5) is 39.5. The second kappa shape index (κ2) is 12.5. The largest absolute Gasteiger partial charge is 0.490 e. The van der Waals surface area contributed by atoms with Crippen LogP contribution in [0.4, 0.5) is 13.2 Å². The van der Waals surface area contributed by atoms with Crippen LogP contribution < -0.4 is 18.5 Å². The van der Waals surface area contributed by atoms with E-state index in [9.17, 15) is 42.0 Å². The first-order valence-electron chi connectivity index (χ1n) is 8.64. The molecule has 1 fully saturated rings. The highest BCUT2D eigenvalue weighted by molar-refractivity contribution is 7.66. The number of aliphatic hydroxyl groups excluding tert-OH is 2. The van der Waals surface area contributed by atoms with Gasteiger partial charge in [0.2, 0.25) is 0 Å². The van der Waals surface area contributed by atoms with Gasteiger partial charge in [0, 0.05) is 0 Å². The average molecular weight is 626 g/mol. The first kappa shape index (κ1) is 36.1. The zero-order valence-corrected chi connectivity index (χ0v) is 21.7. The van der Waals surface area contributed by atoms with E-state index in [0.29, 0.717) is 4.70 Å². The Morgan fingerprint density at radius 2 is 1.57 bits per heavy atom. The van der Waals surface area contributed by atoms with E-state index in [1.54, 1.807) is 0 Å². The van der Waals surface area contributed by atoms with Gasteiger partial charge in [-0.05, 0) is 18.2 Å². The molecule has 1 saturated heterocycles. The van der Waals surface area contributed by atoms with Crippen molar-refractivity contribution in [1.29, 1.82) is 0 Å². The van der Waals surface area contributed by atoms with Crippen molar-refractivity contribution in [2.75, 3.05) is 6.61 Å². The fraction of sp³-hybridized carbons (Fsp3) is 0.462. The predicted molar refractivity (Wildman–Crippen MR) is 119 cm³/mol. The van der Waals surface area contributed by atoms with Crippen LogP contribution in [0.5, 0.6) is 0 Å². The lowest BCUT2D eigenvalue weighted by Gasteiger charge is -2.19. The SMILES string of the molecule is N.N.N.O=P(O)(O)OP(=O)(O)OP(=O)(O)OC[C@H]1O[C@@H](c2nc3cc(C(F)(F)F)ccc3s2)[C@H](O)[C@@H]1O. The molecular formula is C13H24F3N4O13P3S. The number of alkyl halides is 3. The molecule has 37 heavy (non-hydrogen) atoms. The van der Waals surface area contributed by atoms with Crippen LogP contribution in [0.1, 0.15) is 16.7 Å². The maximum Gasteiger partial charge on any atom is 0.490 e. The third-order valence-corrected chi connectivity index (χ3v) is 9.06. The van der Waals surface area contributed by atoms with E-state index >= 15 is 0 Å². The highest BCUT2D eigenvalue weighted by atomic mass is 32.1. The van der Waals surface area contributed by atoms with Gasteiger partial charge in [0.15, 0.2) is 0 Å².